The summed E-state index contributed by atoms with van der Waals surface area (Å²) < 4.78 is 33.2. The first-order valence-electron chi connectivity index (χ1n) is 7.31. The van der Waals surface area contributed by atoms with Crippen LogP contribution < -0.4 is 4.72 Å². The maximum atomic E-state index is 12.7. The molecule has 22 heavy (non-hydrogen) atoms. The Balaban J connectivity index is 2.35. The van der Waals surface area contributed by atoms with Gasteiger partial charge in [-0.1, -0.05) is 49.3 Å². The van der Waals surface area contributed by atoms with Crippen LogP contribution >= 0.6 is 0 Å². The third kappa shape index (κ3) is 3.75. The van der Waals surface area contributed by atoms with Crippen LogP contribution in [0.5, 0.6) is 0 Å². The first-order valence-corrected chi connectivity index (χ1v) is 8.79. The number of hydrogen-bond acceptors (Lipinski definition) is 4. The fraction of sp³-hybridized carbons (Fsp3) is 0.438. The van der Waals surface area contributed by atoms with Gasteiger partial charge in [-0.3, -0.25) is 0 Å². The lowest BCUT2D eigenvalue weighted by Gasteiger charge is -2.21. The predicted molar refractivity (Wildman–Crippen MR) is 84.9 cm³/mol. The Morgan fingerprint density at radius 2 is 1.82 bits per heavy atom. The average Bonchev–Trinajstić information content (AvgIpc) is 2.78. The summed E-state index contributed by atoms with van der Waals surface area (Å²) in [7, 11) is -3.68. The van der Waals surface area contributed by atoms with Crippen molar-refractivity contribution in [3.8, 4) is 0 Å². The normalized spacial score (nSPS) is 13.5. The van der Waals surface area contributed by atoms with Crippen molar-refractivity contribution in [2.45, 2.75) is 45.1 Å². The van der Waals surface area contributed by atoms with Crippen LogP contribution in [0.25, 0.3) is 0 Å². The lowest BCUT2D eigenvalue weighted by molar-refractivity contribution is 0.390. The molecule has 2 rings (SSSR count). The average molecular weight is 322 g/mol. The van der Waals surface area contributed by atoms with Crippen LogP contribution in [0.1, 0.15) is 43.3 Å². The molecule has 0 amide bonds. The summed E-state index contributed by atoms with van der Waals surface area (Å²) in [5.41, 5.74) is 1.33. The standard InChI is InChI=1S/C16H22N2O3S/c1-11(2)10-15(14-8-6-5-7-9-14)18-22(19,20)16-12(3)17-21-13(16)4/h5-9,11,15,18H,10H2,1-4H3/t15-/m0/s1. The van der Waals surface area contributed by atoms with E-state index in [1.165, 1.54) is 0 Å². The molecule has 1 aromatic carbocycles. The van der Waals surface area contributed by atoms with Gasteiger partial charge in [0.2, 0.25) is 10.0 Å². The molecule has 1 aromatic heterocycles. The highest BCUT2D eigenvalue weighted by Crippen LogP contribution is 2.26. The van der Waals surface area contributed by atoms with Gasteiger partial charge in [-0.15, -0.1) is 0 Å². The van der Waals surface area contributed by atoms with E-state index < -0.39 is 10.0 Å². The second-order valence-electron chi connectivity index (χ2n) is 5.87. The Bertz CT molecular complexity index is 702. The molecular formula is C16H22N2O3S. The second kappa shape index (κ2) is 6.62. The van der Waals surface area contributed by atoms with Crippen molar-refractivity contribution in [3.05, 3.63) is 47.3 Å². The molecule has 0 spiro atoms. The number of rotatable bonds is 6. The van der Waals surface area contributed by atoms with Gasteiger partial charge in [0, 0.05) is 6.04 Å². The van der Waals surface area contributed by atoms with Crippen LogP contribution in [0.15, 0.2) is 39.8 Å². The van der Waals surface area contributed by atoms with E-state index in [-0.39, 0.29) is 10.9 Å². The van der Waals surface area contributed by atoms with E-state index in [1.807, 2.05) is 30.3 Å². The van der Waals surface area contributed by atoms with E-state index in [4.69, 9.17) is 4.52 Å². The minimum Gasteiger partial charge on any atom is -0.360 e. The fourth-order valence-electron chi connectivity index (χ4n) is 2.51. The van der Waals surface area contributed by atoms with Gasteiger partial charge in [-0.25, -0.2) is 13.1 Å². The molecular weight excluding hydrogens is 300 g/mol. The van der Waals surface area contributed by atoms with Crippen molar-refractivity contribution in [1.82, 2.24) is 9.88 Å². The van der Waals surface area contributed by atoms with E-state index in [1.54, 1.807) is 13.8 Å². The highest BCUT2D eigenvalue weighted by molar-refractivity contribution is 7.89. The van der Waals surface area contributed by atoms with Crippen LogP contribution in [-0.4, -0.2) is 13.6 Å². The van der Waals surface area contributed by atoms with Gasteiger partial charge >= 0.3 is 0 Å². The van der Waals surface area contributed by atoms with Gasteiger partial charge in [0.25, 0.3) is 0 Å². The topological polar surface area (TPSA) is 72.2 Å². The summed E-state index contributed by atoms with van der Waals surface area (Å²) in [6.07, 6.45) is 0.715. The lowest BCUT2D eigenvalue weighted by atomic mass is 9.98. The van der Waals surface area contributed by atoms with Crippen molar-refractivity contribution in [1.29, 1.82) is 0 Å². The summed E-state index contributed by atoms with van der Waals surface area (Å²) in [4.78, 5) is 0.136. The summed E-state index contributed by atoms with van der Waals surface area (Å²) in [6.45, 7) is 7.37. The highest BCUT2D eigenvalue weighted by Gasteiger charge is 2.28. The van der Waals surface area contributed by atoms with E-state index in [9.17, 15) is 8.42 Å². The molecule has 0 saturated heterocycles. The summed E-state index contributed by atoms with van der Waals surface area (Å²) in [5, 5.41) is 3.73. The van der Waals surface area contributed by atoms with Crippen molar-refractivity contribution in [2.75, 3.05) is 0 Å². The van der Waals surface area contributed by atoms with Crippen LogP contribution in [-0.2, 0) is 10.0 Å². The maximum absolute atomic E-state index is 12.7. The Hall–Kier alpha value is -1.66. The molecule has 0 unspecified atom stereocenters. The smallest absolute Gasteiger partial charge is 0.246 e. The van der Waals surface area contributed by atoms with E-state index in [2.05, 4.69) is 23.7 Å². The number of aryl methyl sites for hydroxylation is 2. The molecule has 0 radical (unpaired) electrons. The van der Waals surface area contributed by atoms with Crippen molar-refractivity contribution in [2.24, 2.45) is 5.92 Å². The van der Waals surface area contributed by atoms with Crippen LogP contribution in [0.2, 0.25) is 0 Å². The number of hydrogen-bond donors (Lipinski definition) is 1. The zero-order valence-electron chi connectivity index (χ0n) is 13.3. The number of aromatic nitrogens is 1. The Labute approximate surface area is 131 Å². The van der Waals surface area contributed by atoms with Gasteiger partial charge in [0.05, 0.1) is 0 Å². The third-order valence-corrected chi connectivity index (χ3v) is 5.16. The number of nitrogens with zero attached hydrogens (tertiary/aromatic N) is 1. The summed E-state index contributed by atoms with van der Waals surface area (Å²) in [5.74, 6) is 0.666. The number of benzene rings is 1. The fourth-order valence-corrected chi connectivity index (χ4v) is 4.08. The molecule has 2 aromatic rings. The lowest BCUT2D eigenvalue weighted by Crippen LogP contribution is -2.30. The Morgan fingerprint density at radius 1 is 1.18 bits per heavy atom. The SMILES string of the molecule is Cc1noc(C)c1S(=O)(=O)N[C@@H](CC(C)C)c1ccccc1. The number of nitrogens with one attached hydrogen (secondary N) is 1. The molecule has 0 aliphatic heterocycles. The molecule has 0 fully saturated rings. The van der Waals surface area contributed by atoms with Crippen molar-refractivity contribution >= 4 is 10.0 Å². The van der Waals surface area contributed by atoms with E-state index >= 15 is 0 Å². The first-order chi connectivity index (χ1) is 10.3. The maximum Gasteiger partial charge on any atom is 0.246 e. The number of sulfonamides is 1. The first kappa shape index (κ1) is 16.7. The van der Waals surface area contributed by atoms with Gasteiger partial charge in [-0.2, -0.15) is 0 Å². The molecule has 5 nitrogen and oxygen atoms in total. The van der Waals surface area contributed by atoms with Gasteiger partial charge in [-0.05, 0) is 31.7 Å². The Morgan fingerprint density at radius 3 is 2.32 bits per heavy atom. The van der Waals surface area contributed by atoms with Gasteiger partial charge < -0.3 is 4.52 Å². The molecule has 0 saturated carbocycles. The predicted octanol–water partition coefficient (Wildman–Crippen LogP) is 3.36. The summed E-state index contributed by atoms with van der Waals surface area (Å²) in [6, 6.07) is 9.32. The highest BCUT2D eigenvalue weighted by atomic mass is 32.2. The summed E-state index contributed by atoms with van der Waals surface area (Å²) >= 11 is 0. The monoisotopic (exact) mass is 322 g/mol. The zero-order chi connectivity index (χ0) is 16.3. The van der Waals surface area contributed by atoms with Crippen molar-refractivity contribution < 1.29 is 12.9 Å². The quantitative estimate of drug-likeness (QED) is 0.885. The van der Waals surface area contributed by atoms with Crippen LogP contribution in [0.4, 0.5) is 0 Å². The van der Waals surface area contributed by atoms with Crippen LogP contribution in [0.3, 0.4) is 0 Å². The molecule has 1 atom stereocenters. The molecule has 120 valence electrons. The van der Waals surface area contributed by atoms with Gasteiger partial charge in [0.1, 0.15) is 10.6 Å². The van der Waals surface area contributed by atoms with Crippen molar-refractivity contribution in [3.63, 3.8) is 0 Å². The minimum atomic E-state index is -3.68. The van der Waals surface area contributed by atoms with Crippen LogP contribution in [0, 0.1) is 19.8 Å². The Kier molecular flexibility index (Phi) is 5.03. The van der Waals surface area contributed by atoms with E-state index in [0.29, 0.717) is 23.8 Å². The molecule has 0 aliphatic rings. The van der Waals surface area contributed by atoms with E-state index in [0.717, 1.165) is 5.56 Å². The largest absolute Gasteiger partial charge is 0.360 e. The molecule has 0 bridgehead atoms. The second-order valence-corrected chi connectivity index (χ2v) is 7.52. The third-order valence-electron chi connectivity index (χ3n) is 3.44. The minimum absolute atomic E-state index is 0.136. The zero-order valence-corrected chi connectivity index (χ0v) is 14.1. The molecule has 0 aliphatic carbocycles. The molecule has 1 N–H and O–H groups in total. The van der Waals surface area contributed by atoms with Gasteiger partial charge in [0.15, 0.2) is 5.76 Å². The molecule has 1 heterocycles. The molecule has 6 heteroatoms.